The summed E-state index contributed by atoms with van der Waals surface area (Å²) in [4.78, 5) is 17.5. The maximum absolute atomic E-state index is 12.2. The molecule has 0 spiro atoms. The normalized spacial score (nSPS) is 11.2. The number of nitrogens with zero attached hydrogens (tertiary/aromatic N) is 2. The van der Waals surface area contributed by atoms with Gasteiger partial charge >= 0.3 is 0 Å². The van der Waals surface area contributed by atoms with Gasteiger partial charge in [-0.05, 0) is 29.1 Å². The molecule has 0 fully saturated rings. The highest BCUT2D eigenvalue weighted by Crippen LogP contribution is 2.27. The maximum Gasteiger partial charge on any atom is 0.262 e. The van der Waals surface area contributed by atoms with Crippen molar-refractivity contribution >= 4 is 56.5 Å². The van der Waals surface area contributed by atoms with E-state index in [-0.39, 0.29) is 5.56 Å². The number of benzene rings is 1. The number of rotatable bonds is 3. The molecule has 0 bridgehead atoms. The molecule has 7 heteroatoms. The molecule has 108 valence electrons. The van der Waals surface area contributed by atoms with E-state index < -0.39 is 0 Å². The van der Waals surface area contributed by atoms with E-state index >= 15 is 0 Å². The molecule has 0 N–H and O–H groups in total. The van der Waals surface area contributed by atoms with E-state index in [0.29, 0.717) is 26.3 Å². The molecule has 0 aliphatic rings. The van der Waals surface area contributed by atoms with Crippen molar-refractivity contribution in [1.82, 2.24) is 9.55 Å². The first-order chi connectivity index (χ1) is 10.1. The third-order valence-corrected chi connectivity index (χ3v) is 5.66. The van der Waals surface area contributed by atoms with E-state index in [2.05, 4.69) is 4.98 Å². The fourth-order valence-corrected chi connectivity index (χ4v) is 3.93. The minimum atomic E-state index is -0.0158. The fraction of sp³-hybridized carbons (Fsp3) is 0.143. The topological polar surface area (TPSA) is 34.9 Å². The molecule has 0 saturated heterocycles. The summed E-state index contributed by atoms with van der Waals surface area (Å²) in [5.74, 6) is 0.675. The van der Waals surface area contributed by atoms with Crippen LogP contribution in [-0.2, 0) is 12.8 Å². The molecular weight excluding hydrogens is 347 g/mol. The molecule has 0 unspecified atom stereocenters. The van der Waals surface area contributed by atoms with Crippen LogP contribution >= 0.6 is 46.3 Å². The van der Waals surface area contributed by atoms with Crippen molar-refractivity contribution in [3.05, 3.63) is 55.6 Å². The molecule has 0 aliphatic heterocycles. The number of thioether (sulfide) groups is 1. The molecule has 2 heterocycles. The number of halogens is 2. The van der Waals surface area contributed by atoms with Crippen molar-refractivity contribution in [2.24, 2.45) is 7.05 Å². The van der Waals surface area contributed by atoms with Gasteiger partial charge < -0.3 is 0 Å². The SMILES string of the molecule is Cn1c(SCc2ccc(Cl)c(Cl)c2)nc2sccc2c1=O. The van der Waals surface area contributed by atoms with Gasteiger partial charge in [-0.15, -0.1) is 11.3 Å². The minimum Gasteiger partial charge on any atom is -0.290 e. The Morgan fingerprint density at radius 1 is 1.29 bits per heavy atom. The highest BCUT2D eigenvalue weighted by molar-refractivity contribution is 7.98. The highest BCUT2D eigenvalue weighted by atomic mass is 35.5. The second kappa shape index (κ2) is 6.01. The van der Waals surface area contributed by atoms with Crippen molar-refractivity contribution < 1.29 is 0 Å². The Labute approximate surface area is 139 Å². The number of aromatic nitrogens is 2. The summed E-state index contributed by atoms with van der Waals surface area (Å²) < 4.78 is 1.58. The zero-order valence-corrected chi connectivity index (χ0v) is 14.1. The van der Waals surface area contributed by atoms with Gasteiger partial charge in [-0.3, -0.25) is 9.36 Å². The van der Waals surface area contributed by atoms with Crippen LogP contribution in [0.2, 0.25) is 10.0 Å². The van der Waals surface area contributed by atoms with E-state index in [1.54, 1.807) is 17.7 Å². The number of hydrogen-bond donors (Lipinski definition) is 0. The minimum absolute atomic E-state index is 0.0158. The summed E-state index contributed by atoms with van der Waals surface area (Å²) >= 11 is 14.9. The quantitative estimate of drug-likeness (QED) is 0.508. The molecule has 2 aromatic heterocycles. The number of fused-ring (bicyclic) bond motifs is 1. The van der Waals surface area contributed by atoms with Crippen molar-refractivity contribution in [3.63, 3.8) is 0 Å². The molecule has 3 nitrogen and oxygen atoms in total. The first kappa shape index (κ1) is 14.9. The molecule has 21 heavy (non-hydrogen) atoms. The maximum atomic E-state index is 12.2. The Morgan fingerprint density at radius 2 is 2.10 bits per heavy atom. The lowest BCUT2D eigenvalue weighted by Crippen LogP contribution is -2.19. The molecule has 3 rings (SSSR count). The van der Waals surface area contributed by atoms with Crippen molar-refractivity contribution in [1.29, 1.82) is 0 Å². The Bertz CT molecular complexity index is 873. The second-order valence-corrected chi connectivity index (χ2v) is 7.09. The lowest BCUT2D eigenvalue weighted by Gasteiger charge is -2.07. The number of thiophene rings is 1. The molecule has 0 radical (unpaired) electrons. The van der Waals surface area contributed by atoms with Gasteiger partial charge in [0.15, 0.2) is 5.16 Å². The standard InChI is InChI=1S/C14H10Cl2N2OS2/c1-18-13(19)9-4-5-20-12(9)17-14(18)21-7-8-2-3-10(15)11(16)6-8/h2-6H,7H2,1H3. The predicted molar refractivity (Wildman–Crippen MR) is 90.9 cm³/mol. The van der Waals surface area contributed by atoms with Crippen LogP contribution in [0.4, 0.5) is 0 Å². The first-order valence-electron chi connectivity index (χ1n) is 6.07. The van der Waals surface area contributed by atoms with Crippen LogP contribution in [0.5, 0.6) is 0 Å². The van der Waals surface area contributed by atoms with Crippen molar-refractivity contribution in [2.75, 3.05) is 0 Å². The largest absolute Gasteiger partial charge is 0.290 e. The van der Waals surface area contributed by atoms with Gasteiger partial charge in [0.05, 0.1) is 15.4 Å². The highest BCUT2D eigenvalue weighted by Gasteiger charge is 2.10. The predicted octanol–water partition coefficient (Wildman–Crippen LogP) is 4.59. The van der Waals surface area contributed by atoms with Gasteiger partial charge in [0.25, 0.3) is 5.56 Å². The van der Waals surface area contributed by atoms with Gasteiger partial charge in [0.1, 0.15) is 4.83 Å². The smallest absolute Gasteiger partial charge is 0.262 e. The van der Waals surface area contributed by atoms with Gasteiger partial charge in [0, 0.05) is 12.8 Å². The summed E-state index contributed by atoms with van der Waals surface area (Å²) in [6.07, 6.45) is 0. The third kappa shape index (κ3) is 2.97. The zero-order valence-electron chi connectivity index (χ0n) is 11.0. The van der Waals surface area contributed by atoms with Gasteiger partial charge in [0.2, 0.25) is 0 Å². The van der Waals surface area contributed by atoms with Crippen molar-refractivity contribution in [3.8, 4) is 0 Å². The fourth-order valence-electron chi connectivity index (χ4n) is 1.89. The van der Waals surface area contributed by atoms with Crippen LogP contribution in [-0.4, -0.2) is 9.55 Å². The second-order valence-electron chi connectivity index (χ2n) is 4.44. The van der Waals surface area contributed by atoms with Gasteiger partial charge in [-0.2, -0.15) is 0 Å². The lowest BCUT2D eigenvalue weighted by molar-refractivity contribution is 0.728. The third-order valence-electron chi connectivity index (χ3n) is 3.02. The molecule has 0 saturated carbocycles. The summed E-state index contributed by atoms with van der Waals surface area (Å²) in [6, 6.07) is 7.33. The Kier molecular flexibility index (Phi) is 4.26. The zero-order chi connectivity index (χ0) is 15.0. The van der Waals surface area contributed by atoms with E-state index in [4.69, 9.17) is 23.2 Å². The van der Waals surface area contributed by atoms with Crippen molar-refractivity contribution in [2.45, 2.75) is 10.9 Å². The van der Waals surface area contributed by atoms with E-state index in [0.717, 1.165) is 10.4 Å². The summed E-state index contributed by atoms with van der Waals surface area (Å²) in [6.45, 7) is 0. The van der Waals surface area contributed by atoms with Crippen LogP contribution in [0.3, 0.4) is 0 Å². The number of hydrogen-bond acceptors (Lipinski definition) is 4. The van der Waals surface area contributed by atoms with Crippen LogP contribution in [0, 0.1) is 0 Å². The summed E-state index contributed by atoms with van der Waals surface area (Å²) in [7, 11) is 1.74. The van der Waals surface area contributed by atoms with Gasteiger partial charge in [-0.1, -0.05) is 41.0 Å². The van der Waals surface area contributed by atoms with E-state index in [1.807, 2.05) is 23.6 Å². The van der Waals surface area contributed by atoms with Crippen LogP contribution in [0.1, 0.15) is 5.56 Å². The van der Waals surface area contributed by atoms with E-state index in [1.165, 1.54) is 23.1 Å². The lowest BCUT2D eigenvalue weighted by atomic mass is 10.2. The van der Waals surface area contributed by atoms with Gasteiger partial charge in [-0.25, -0.2) is 4.98 Å². The Hall–Kier alpha value is -1.01. The molecular formula is C14H10Cl2N2OS2. The average Bonchev–Trinajstić information content (AvgIpc) is 2.93. The summed E-state index contributed by atoms with van der Waals surface area (Å²) in [5.41, 5.74) is 1.02. The Morgan fingerprint density at radius 3 is 2.86 bits per heavy atom. The van der Waals surface area contributed by atoms with Crippen LogP contribution in [0.15, 0.2) is 39.6 Å². The molecule has 1 aromatic carbocycles. The Balaban J connectivity index is 1.89. The first-order valence-corrected chi connectivity index (χ1v) is 8.69. The molecule has 0 amide bonds. The van der Waals surface area contributed by atoms with Crippen LogP contribution in [0.25, 0.3) is 10.2 Å². The summed E-state index contributed by atoms with van der Waals surface area (Å²) in [5, 5.41) is 4.32. The molecule has 0 atom stereocenters. The molecule has 3 aromatic rings. The monoisotopic (exact) mass is 356 g/mol. The average molecular weight is 357 g/mol. The molecule has 0 aliphatic carbocycles. The van der Waals surface area contributed by atoms with E-state index in [9.17, 15) is 4.79 Å². The van der Waals surface area contributed by atoms with Crippen LogP contribution < -0.4 is 5.56 Å².